The topological polar surface area (TPSA) is 67.9 Å². The van der Waals surface area contributed by atoms with Crippen molar-refractivity contribution in [1.82, 2.24) is 4.90 Å². The first-order chi connectivity index (χ1) is 24.6. The summed E-state index contributed by atoms with van der Waals surface area (Å²) in [6, 6.07) is 34.7. The van der Waals surface area contributed by atoms with Gasteiger partial charge >= 0.3 is 6.09 Å². The number of ether oxygens (including phenoxy) is 2. The summed E-state index contributed by atoms with van der Waals surface area (Å²) in [6.07, 6.45) is 7.25. The van der Waals surface area contributed by atoms with E-state index in [9.17, 15) is 14.0 Å². The van der Waals surface area contributed by atoms with E-state index in [2.05, 4.69) is 46.9 Å². The van der Waals surface area contributed by atoms with Gasteiger partial charge in [-0.1, -0.05) is 125 Å². The van der Waals surface area contributed by atoms with Crippen LogP contribution in [0.4, 0.5) is 14.9 Å². The van der Waals surface area contributed by atoms with Gasteiger partial charge in [-0.2, -0.15) is 0 Å². The second-order valence-electron chi connectivity index (χ2n) is 12.1. The summed E-state index contributed by atoms with van der Waals surface area (Å²) in [5.74, 6) is 0.0779. The third kappa shape index (κ3) is 16.5. The van der Waals surface area contributed by atoms with Gasteiger partial charge in [-0.15, -0.1) is 0 Å². The second-order valence-corrected chi connectivity index (χ2v) is 13.1. The van der Waals surface area contributed by atoms with E-state index in [1.807, 2.05) is 105 Å². The first-order valence-electron chi connectivity index (χ1n) is 17.0. The second kappa shape index (κ2) is 22.7. The third-order valence-corrected chi connectivity index (χ3v) is 8.03. The van der Waals surface area contributed by atoms with Crippen LogP contribution in [-0.4, -0.2) is 36.6 Å². The molecule has 0 spiro atoms. The molecule has 1 N–H and O–H groups in total. The Hall–Kier alpha value is -4.95. The summed E-state index contributed by atoms with van der Waals surface area (Å²) in [4.78, 5) is 25.8. The molecule has 268 valence electrons. The van der Waals surface area contributed by atoms with Crippen molar-refractivity contribution >= 4 is 33.6 Å². The van der Waals surface area contributed by atoms with E-state index in [1.165, 1.54) is 28.2 Å². The summed E-state index contributed by atoms with van der Waals surface area (Å²) < 4.78 is 24.4. The lowest BCUT2D eigenvalue weighted by Gasteiger charge is -2.21. The van der Waals surface area contributed by atoms with Gasteiger partial charge in [0.1, 0.15) is 19.0 Å². The normalized spacial score (nSPS) is 12.9. The van der Waals surface area contributed by atoms with Gasteiger partial charge in [-0.25, -0.2) is 14.1 Å². The molecule has 4 aromatic carbocycles. The van der Waals surface area contributed by atoms with E-state index in [0.717, 1.165) is 39.9 Å². The van der Waals surface area contributed by atoms with Crippen LogP contribution in [0.15, 0.2) is 144 Å². The van der Waals surface area contributed by atoms with Crippen molar-refractivity contribution in [3.8, 4) is 0 Å². The number of allylic oxidation sites excluding steroid dienone is 5. The lowest BCUT2D eigenvalue weighted by atomic mass is 9.97. The van der Waals surface area contributed by atoms with Gasteiger partial charge in [-0.3, -0.25) is 4.79 Å². The van der Waals surface area contributed by atoms with E-state index in [1.54, 1.807) is 12.1 Å². The largest absolute Gasteiger partial charge is 0.494 e. The van der Waals surface area contributed by atoms with Crippen LogP contribution in [0.25, 0.3) is 0 Å². The molecule has 0 saturated carbocycles. The van der Waals surface area contributed by atoms with E-state index in [-0.39, 0.29) is 24.2 Å². The number of benzene rings is 4. The van der Waals surface area contributed by atoms with E-state index < -0.39 is 6.09 Å². The number of carbonyl (C=O) groups is 2. The first-order valence-corrected chi connectivity index (χ1v) is 17.8. The maximum absolute atomic E-state index is 13.0. The van der Waals surface area contributed by atoms with Gasteiger partial charge in [0.05, 0.1) is 18.2 Å². The van der Waals surface area contributed by atoms with Crippen molar-refractivity contribution in [2.45, 2.75) is 46.6 Å². The highest BCUT2D eigenvalue weighted by Gasteiger charge is 2.33. The number of rotatable bonds is 13. The van der Waals surface area contributed by atoms with Gasteiger partial charge < -0.3 is 14.8 Å². The van der Waals surface area contributed by atoms with Crippen LogP contribution in [0.3, 0.4) is 0 Å². The van der Waals surface area contributed by atoms with E-state index in [4.69, 9.17) is 9.47 Å². The zero-order valence-corrected chi connectivity index (χ0v) is 31.3. The van der Waals surface area contributed by atoms with Crippen molar-refractivity contribution in [3.05, 3.63) is 172 Å². The molecule has 1 atom stereocenters. The molecule has 0 bridgehead atoms. The standard InChI is InChI=1S/C22H25FN2O3.C14H15BrO.C7H8/c1-16-5-11-20(12-6-16)24-15-18(21(26)25-13-14-28-22(25)27)4-2-3-17-7-9-19(23)10-8-17;1-12(15)7-6-8-13(2)16-11-14-9-4-3-5-10-14;1-7-5-3-2-4-6-7/h5-12,18,24H,2-4,13-15H2,1H3;3-10H,1,11H2,2H3;2-6H,1H3/b;7-6-,13-8+;. The SMILES string of the molecule is C=C(Br)/C=C\C=C(/C)OCc1ccccc1.Cc1ccc(NCC(CCCc2ccc(F)cc2)C(=O)N2CCOC2=O)cc1.Cc1ccccc1. The molecule has 1 aliphatic heterocycles. The van der Waals surface area contributed by atoms with Gasteiger partial charge in [0.2, 0.25) is 5.91 Å². The Morgan fingerprint density at radius 1 is 0.941 bits per heavy atom. The molecule has 51 heavy (non-hydrogen) atoms. The molecule has 1 aliphatic rings. The molecule has 4 aromatic rings. The Morgan fingerprint density at radius 2 is 1.57 bits per heavy atom. The van der Waals surface area contributed by atoms with Crippen LogP contribution in [0, 0.1) is 25.6 Å². The number of amides is 2. The van der Waals surface area contributed by atoms with Gasteiger partial charge in [0.15, 0.2) is 0 Å². The van der Waals surface area contributed by atoms with Crippen LogP contribution >= 0.6 is 15.9 Å². The summed E-state index contributed by atoms with van der Waals surface area (Å²) >= 11 is 3.25. The molecule has 5 rings (SSSR count). The number of halogens is 2. The minimum Gasteiger partial charge on any atom is -0.494 e. The van der Waals surface area contributed by atoms with E-state index >= 15 is 0 Å². The molecule has 1 unspecified atom stereocenters. The van der Waals surface area contributed by atoms with Crippen LogP contribution in [-0.2, 0) is 27.3 Å². The van der Waals surface area contributed by atoms with Crippen molar-refractivity contribution in [1.29, 1.82) is 0 Å². The maximum Gasteiger partial charge on any atom is 0.416 e. The zero-order valence-electron chi connectivity index (χ0n) is 29.7. The van der Waals surface area contributed by atoms with Crippen molar-refractivity contribution in [2.24, 2.45) is 5.92 Å². The molecule has 0 aliphatic carbocycles. The fourth-order valence-corrected chi connectivity index (χ4v) is 5.04. The number of nitrogens with one attached hydrogen (secondary N) is 1. The molecule has 1 fully saturated rings. The molecule has 1 heterocycles. The van der Waals surface area contributed by atoms with Crippen LogP contribution in [0.1, 0.15) is 42.0 Å². The highest BCUT2D eigenvalue weighted by molar-refractivity contribution is 9.11. The fourth-order valence-electron chi connectivity index (χ4n) is 4.88. The number of hydrogen-bond donors (Lipinski definition) is 1. The molecular weight excluding hydrogens is 707 g/mol. The average molecular weight is 756 g/mol. The van der Waals surface area contributed by atoms with E-state index in [0.29, 0.717) is 26.1 Å². The fraction of sp³-hybridized carbons (Fsp3) is 0.256. The van der Waals surface area contributed by atoms with Crippen molar-refractivity contribution in [3.63, 3.8) is 0 Å². The summed E-state index contributed by atoms with van der Waals surface area (Å²) in [5, 5.41) is 3.30. The van der Waals surface area contributed by atoms with Gasteiger partial charge in [0, 0.05) is 16.7 Å². The first kappa shape index (κ1) is 40.5. The Morgan fingerprint density at radius 3 is 2.14 bits per heavy atom. The maximum atomic E-state index is 13.0. The number of carbonyl (C=O) groups excluding carboxylic acids is 2. The Balaban J connectivity index is 0.000000254. The number of hydrogen-bond acceptors (Lipinski definition) is 5. The summed E-state index contributed by atoms with van der Waals surface area (Å²) in [5.41, 5.74) is 5.62. The number of aryl methyl sites for hydroxylation is 3. The monoisotopic (exact) mass is 754 g/mol. The highest BCUT2D eigenvalue weighted by Crippen LogP contribution is 2.19. The summed E-state index contributed by atoms with van der Waals surface area (Å²) in [6.45, 7) is 11.3. The zero-order chi connectivity index (χ0) is 36.8. The Labute approximate surface area is 310 Å². The molecule has 0 radical (unpaired) electrons. The van der Waals surface area contributed by atoms with Crippen molar-refractivity contribution < 1.29 is 23.5 Å². The third-order valence-electron chi connectivity index (χ3n) is 7.77. The predicted molar refractivity (Wildman–Crippen MR) is 209 cm³/mol. The number of nitrogens with zero attached hydrogens (tertiary/aromatic N) is 1. The van der Waals surface area contributed by atoms with Crippen molar-refractivity contribution in [2.75, 3.05) is 25.0 Å². The minimum atomic E-state index is -0.566. The lowest BCUT2D eigenvalue weighted by Crippen LogP contribution is -2.39. The molecule has 6 nitrogen and oxygen atoms in total. The predicted octanol–water partition coefficient (Wildman–Crippen LogP) is 10.7. The number of anilines is 1. The minimum absolute atomic E-state index is 0.207. The van der Waals surface area contributed by atoms with Crippen LogP contribution in [0.2, 0.25) is 0 Å². The molecule has 8 heteroatoms. The van der Waals surface area contributed by atoms with Gasteiger partial charge in [0.25, 0.3) is 0 Å². The lowest BCUT2D eigenvalue weighted by molar-refractivity contribution is -0.131. The van der Waals surface area contributed by atoms with Gasteiger partial charge in [-0.05, 0) is 87.6 Å². The molecule has 0 aromatic heterocycles. The molecule has 2 amide bonds. The average Bonchev–Trinajstić information content (AvgIpc) is 3.57. The molecular formula is C43H48BrFN2O4. The Kier molecular flexibility index (Phi) is 18.0. The quantitative estimate of drug-likeness (QED) is 0.109. The number of cyclic esters (lactones) is 1. The smallest absolute Gasteiger partial charge is 0.416 e. The number of imide groups is 1. The summed E-state index contributed by atoms with van der Waals surface area (Å²) in [7, 11) is 0. The highest BCUT2D eigenvalue weighted by atomic mass is 79.9. The van der Waals surface area contributed by atoms with Crippen LogP contribution < -0.4 is 5.32 Å². The van der Waals surface area contributed by atoms with Crippen LogP contribution in [0.5, 0.6) is 0 Å². The molecule has 1 saturated heterocycles. The Bertz CT molecular complexity index is 1690.